The van der Waals surface area contributed by atoms with Crippen LogP contribution >= 0.6 is 0 Å². The zero-order valence-electron chi connectivity index (χ0n) is 10.7. The SMILES string of the molecule is CCC(C(=O)O)C1OB(O)c2cc(O)cc(OC)c21. The van der Waals surface area contributed by atoms with E-state index in [2.05, 4.69) is 0 Å². The van der Waals surface area contributed by atoms with Crippen molar-refractivity contribution in [3.63, 3.8) is 0 Å². The molecule has 0 spiro atoms. The molecule has 2 unspecified atom stereocenters. The predicted octanol–water partition coefficient (Wildman–Crippen LogP) is 0.270. The molecule has 1 aliphatic heterocycles. The van der Waals surface area contributed by atoms with Crippen molar-refractivity contribution >= 4 is 18.6 Å². The lowest BCUT2D eigenvalue weighted by Crippen LogP contribution is -2.28. The largest absolute Gasteiger partial charge is 0.508 e. The minimum atomic E-state index is -1.26. The molecule has 0 saturated carbocycles. The average molecular weight is 266 g/mol. The number of ether oxygens (including phenoxy) is 1. The molecule has 1 aliphatic rings. The number of aliphatic carboxylic acids is 1. The van der Waals surface area contributed by atoms with Crippen molar-refractivity contribution in [1.29, 1.82) is 0 Å². The lowest BCUT2D eigenvalue weighted by atomic mass is 9.78. The molecule has 2 rings (SSSR count). The second kappa shape index (κ2) is 5.10. The van der Waals surface area contributed by atoms with E-state index in [1.165, 1.54) is 19.2 Å². The van der Waals surface area contributed by atoms with Crippen LogP contribution in [0.25, 0.3) is 0 Å². The molecule has 0 radical (unpaired) electrons. The topological polar surface area (TPSA) is 96.2 Å². The highest BCUT2D eigenvalue weighted by Crippen LogP contribution is 2.39. The fraction of sp³-hybridized carbons (Fsp3) is 0.417. The second-order valence-electron chi connectivity index (χ2n) is 4.41. The van der Waals surface area contributed by atoms with Gasteiger partial charge in [0.1, 0.15) is 11.5 Å². The third-order valence-corrected chi connectivity index (χ3v) is 3.33. The first-order valence-corrected chi connectivity index (χ1v) is 5.96. The predicted molar refractivity (Wildman–Crippen MR) is 67.5 cm³/mol. The third kappa shape index (κ3) is 2.26. The van der Waals surface area contributed by atoms with Gasteiger partial charge in [-0.3, -0.25) is 4.79 Å². The number of hydrogen-bond donors (Lipinski definition) is 3. The molecule has 0 fully saturated rings. The molecule has 19 heavy (non-hydrogen) atoms. The summed E-state index contributed by atoms with van der Waals surface area (Å²) < 4.78 is 10.5. The van der Waals surface area contributed by atoms with Crippen molar-refractivity contribution in [1.82, 2.24) is 0 Å². The molecule has 0 saturated heterocycles. The van der Waals surface area contributed by atoms with E-state index in [-0.39, 0.29) is 5.75 Å². The number of hydrogen-bond acceptors (Lipinski definition) is 5. The first-order valence-electron chi connectivity index (χ1n) is 5.96. The van der Waals surface area contributed by atoms with Crippen LogP contribution in [0.15, 0.2) is 12.1 Å². The summed E-state index contributed by atoms with van der Waals surface area (Å²) >= 11 is 0. The highest BCUT2D eigenvalue weighted by Gasteiger charge is 2.43. The third-order valence-electron chi connectivity index (χ3n) is 3.33. The number of aromatic hydroxyl groups is 1. The van der Waals surface area contributed by atoms with E-state index in [1.54, 1.807) is 6.92 Å². The maximum absolute atomic E-state index is 11.2. The summed E-state index contributed by atoms with van der Waals surface area (Å²) in [5.74, 6) is -1.53. The number of methoxy groups -OCH3 is 1. The summed E-state index contributed by atoms with van der Waals surface area (Å²) in [7, 11) is 0.160. The second-order valence-corrected chi connectivity index (χ2v) is 4.41. The van der Waals surface area contributed by atoms with Crippen LogP contribution in [0, 0.1) is 5.92 Å². The van der Waals surface area contributed by atoms with E-state index < -0.39 is 25.1 Å². The van der Waals surface area contributed by atoms with Gasteiger partial charge in [-0.05, 0) is 17.9 Å². The molecular formula is C12H15BO6. The fourth-order valence-corrected chi connectivity index (χ4v) is 2.41. The summed E-state index contributed by atoms with van der Waals surface area (Å²) in [5, 5.41) is 28.6. The Kier molecular flexibility index (Phi) is 3.68. The van der Waals surface area contributed by atoms with Crippen LogP contribution < -0.4 is 10.2 Å². The highest BCUT2D eigenvalue weighted by atomic mass is 16.5. The maximum atomic E-state index is 11.2. The van der Waals surface area contributed by atoms with Crippen molar-refractivity contribution in [2.24, 2.45) is 5.92 Å². The number of phenols is 1. The van der Waals surface area contributed by atoms with Gasteiger partial charge in [-0.2, -0.15) is 0 Å². The Morgan fingerprint density at radius 1 is 1.58 bits per heavy atom. The quantitative estimate of drug-likeness (QED) is 0.677. The summed E-state index contributed by atoms with van der Waals surface area (Å²) in [5.41, 5.74) is 0.837. The molecule has 6 nitrogen and oxygen atoms in total. The highest BCUT2D eigenvalue weighted by molar-refractivity contribution is 6.62. The Bertz CT molecular complexity index is 503. The zero-order valence-corrected chi connectivity index (χ0v) is 10.7. The monoisotopic (exact) mass is 266 g/mol. The number of fused-ring (bicyclic) bond motifs is 1. The summed E-state index contributed by atoms with van der Waals surface area (Å²) in [6.45, 7) is 1.74. The van der Waals surface area contributed by atoms with E-state index in [4.69, 9.17) is 9.39 Å². The van der Waals surface area contributed by atoms with Crippen LogP contribution in [0.4, 0.5) is 0 Å². The molecule has 102 valence electrons. The van der Waals surface area contributed by atoms with Gasteiger partial charge in [0, 0.05) is 11.6 Å². The van der Waals surface area contributed by atoms with Crippen molar-refractivity contribution in [3.8, 4) is 11.5 Å². The van der Waals surface area contributed by atoms with E-state index in [1.807, 2.05) is 0 Å². The van der Waals surface area contributed by atoms with Crippen molar-refractivity contribution in [2.75, 3.05) is 7.11 Å². The first-order chi connectivity index (χ1) is 8.99. The van der Waals surface area contributed by atoms with Gasteiger partial charge in [0.2, 0.25) is 0 Å². The smallest absolute Gasteiger partial charge is 0.492 e. The Morgan fingerprint density at radius 3 is 2.79 bits per heavy atom. The maximum Gasteiger partial charge on any atom is 0.492 e. The number of benzene rings is 1. The molecule has 0 aliphatic carbocycles. The molecule has 7 heteroatoms. The van der Waals surface area contributed by atoms with E-state index in [0.29, 0.717) is 23.2 Å². The molecule has 1 heterocycles. The van der Waals surface area contributed by atoms with Crippen LogP contribution in [-0.4, -0.2) is 35.4 Å². The minimum Gasteiger partial charge on any atom is -0.508 e. The molecule has 0 amide bonds. The molecule has 0 aromatic heterocycles. The molecule has 1 aromatic rings. The number of carbonyl (C=O) groups is 1. The fourth-order valence-electron chi connectivity index (χ4n) is 2.41. The van der Waals surface area contributed by atoms with Crippen molar-refractivity contribution in [3.05, 3.63) is 17.7 Å². The number of rotatable bonds is 4. The lowest BCUT2D eigenvalue weighted by Gasteiger charge is -2.21. The van der Waals surface area contributed by atoms with Crippen LogP contribution in [0.1, 0.15) is 25.0 Å². The molecule has 1 aromatic carbocycles. The number of phenolic OH excluding ortho intramolecular Hbond substituents is 1. The van der Waals surface area contributed by atoms with Crippen LogP contribution in [0.3, 0.4) is 0 Å². The normalized spacial score (nSPS) is 19.1. The van der Waals surface area contributed by atoms with Gasteiger partial charge in [-0.15, -0.1) is 0 Å². The van der Waals surface area contributed by atoms with Gasteiger partial charge in [0.15, 0.2) is 0 Å². The van der Waals surface area contributed by atoms with Crippen molar-refractivity contribution in [2.45, 2.75) is 19.4 Å². The summed E-state index contributed by atoms with van der Waals surface area (Å²) in [6, 6.07) is 2.74. The minimum absolute atomic E-state index is 0.0673. The number of carboxylic acid groups (broad SMARTS) is 1. The summed E-state index contributed by atoms with van der Waals surface area (Å²) in [4.78, 5) is 11.2. The summed E-state index contributed by atoms with van der Waals surface area (Å²) in [6.07, 6.45) is -0.432. The van der Waals surface area contributed by atoms with Crippen LogP contribution in [0.5, 0.6) is 11.5 Å². The first kappa shape index (κ1) is 13.7. The van der Waals surface area contributed by atoms with Gasteiger partial charge in [0.05, 0.1) is 19.1 Å². The average Bonchev–Trinajstić information content (AvgIpc) is 2.66. The number of carboxylic acids is 1. The molecule has 3 N–H and O–H groups in total. The van der Waals surface area contributed by atoms with Gasteiger partial charge in [-0.1, -0.05) is 6.92 Å². The van der Waals surface area contributed by atoms with Gasteiger partial charge in [-0.25, -0.2) is 0 Å². The lowest BCUT2D eigenvalue weighted by molar-refractivity contribution is -0.145. The zero-order chi connectivity index (χ0) is 14.2. The van der Waals surface area contributed by atoms with Gasteiger partial charge < -0.3 is 24.6 Å². The van der Waals surface area contributed by atoms with Gasteiger partial charge in [0.25, 0.3) is 0 Å². The van der Waals surface area contributed by atoms with Crippen LogP contribution in [0.2, 0.25) is 0 Å². The van der Waals surface area contributed by atoms with E-state index in [0.717, 1.165) is 0 Å². The Morgan fingerprint density at radius 2 is 2.26 bits per heavy atom. The van der Waals surface area contributed by atoms with Crippen LogP contribution in [-0.2, 0) is 9.45 Å². The van der Waals surface area contributed by atoms with Crippen molar-refractivity contribution < 1.29 is 29.4 Å². The Hall–Kier alpha value is -1.73. The Labute approximate surface area is 110 Å². The van der Waals surface area contributed by atoms with E-state index in [9.17, 15) is 20.0 Å². The van der Waals surface area contributed by atoms with E-state index >= 15 is 0 Å². The standard InChI is InChI=1S/C12H15BO6/c1-3-7(12(15)16)11-10-8(13(17)19-11)4-6(14)5-9(10)18-2/h4-5,7,11,14,17H,3H2,1-2H3,(H,15,16). The molecular weight excluding hydrogens is 251 g/mol. The Balaban J connectivity index is 2.53. The molecule has 2 atom stereocenters. The molecule has 0 bridgehead atoms. The van der Waals surface area contributed by atoms with Gasteiger partial charge >= 0.3 is 13.1 Å².